The Bertz CT molecular complexity index is 702. The second-order valence-electron chi connectivity index (χ2n) is 4.98. The van der Waals surface area contributed by atoms with Crippen LogP contribution in [0.4, 0.5) is 11.6 Å². The summed E-state index contributed by atoms with van der Waals surface area (Å²) in [5, 5.41) is 3.33. The summed E-state index contributed by atoms with van der Waals surface area (Å²) in [6, 6.07) is 12.4. The summed E-state index contributed by atoms with van der Waals surface area (Å²) in [6.45, 7) is 6.31. The molecule has 0 aliphatic heterocycles. The van der Waals surface area contributed by atoms with E-state index in [1.165, 1.54) is 16.7 Å². The Morgan fingerprint density at radius 1 is 0.947 bits per heavy atom. The van der Waals surface area contributed by atoms with Crippen LogP contribution in [0.15, 0.2) is 36.4 Å². The molecule has 1 heterocycles. The number of aryl methyl sites for hydroxylation is 3. The van der Waals surface area contributed by atoms with Crippen molar-refractivity contribution in [3.8, 4) is 0 Å². The number of hydrogen-bond acceptors (Lipinski definition) is 2. The molecule has 0 saturated carbocycles. The van der Waals surface area contributed by atoms with Crippen LogP contribution in [0.2, 0.25) is 0 Å². The molecule has 0 bridgehead atoms. The lowest BCUT2D eigenvalue weighted by Crippen LogP contribution is -1.94. The highest BCUT2D eigenvalue weighted by molar-refractivity contribution is 5.80. The Morgan fingerprint density at radius 2 is 1.68 bits per heavy atom. The van der Waals surface area contributed by atoms with Gasteiger partial charge in [-0.2, -0.15) is 0 Å². The van der Waals surface area contributed by atoms with Gasteiger partial charge in [-0.25, -0.2) is 4.98 Å². The second-order valence-corrected chi connectivity index (χ2v) is 4.98. The van der Waals surface area contributed by atoms with Crippen molar-refractivity contribution >= 4 is 22.7 Å². The zero-order valence-electron chi connectivity index (χ0n) is 11.4. The van der Waals surface area contributed by atoms with E-state index in [4.69, 9.17) is 0 Å². The fourth-order valence-electron chi connectivity index (χ4n) is 2.17. The van der Waals surface area contributed by atoms with Gasteiger partial charge in [-0.15, -0.1) is 0 Å². The average Bonchev–Trinajstić information content (AvgIpc) is 2.74. The van der Waals surface area contributed by atoms with Gasteiger partial charge in [0.1, 0.15) is 0 Å². The standard InChI is InChI=1S/C16H17N3/c1-10-6-4-5-7-13(10)17-16-18-14-8-11(2)12(3)9-15(14)19-16/h4-9H,1-3H3,(H2,17,18,19). The molecule has 0 atom stereocenters. The minimum Gasteiger partial charge on any atom is -0.326 e. The number of hydrogen-bond donors (Lipinski definition) is 2. The molecule has 2 aromatic carbocycles. The summed E-state index contributed by atoms with van der Waals surface area (Å²) in [5.41, 5.74) is 6.89. The molecule has 2 N–H and O–H groups in total. The molecule has 0 spiro atoms. The summed E-state index contributed by atoms with van der Waals surface area (Å²) in [7, 11) is 0. The van der Waals surface area contributed by atoms with Gasteiger partial charge in [-0.05, 0) is 55.7 Å². The third-order valence-electron chi connectivity index (χ3n) is 3.50. The maximum atomic E-state index is 4.58. The van der Waals surface area contributed by atoms with Crippen molar-refractivity contribution in [1.29, 1.82) is 0 Å². The van der Waals surface area contributed by atoms with Crippen LogP contribution in [-0.2, 0) is 0 Å². The normalized spacial score (nSPS) is 10.9. The molecule has 96 valence electrons. The minimum absolute atomic E-state index is 0.786. The van der Waals surface area contributed by atoms with E-state index in [1.54, 1.807) is 0 Å². The Kier molecular flexibility index (Phi) is 2.75. The Balaban J connectivity index is 2.00. The molecular weight excluding hydrogens is 234 g/mol. The van der Waals surface area contributed by atoms with E-state index in [-0.39, 0.29) is 0 Å². The Labute approximate surface area is 112 Å². The molecule has 0 unspecified atom stereocenters. The number of aromatic amines is 1. The predicted molar refractivity (Wildman–Crippen MR) is 80.0 cm³/mol. The molecule has 0 aliphatic carbocycles. The first kappa shape index (κ1) is 11.8. The molecule has 3 heteroatoms. The van der Waals surface area contributed by atoms with Crippen LogP contribution >= 0.6 is 0 Å². The van der Waals surface area contributed by atoms with E-state index in [0.717, 1.165) is 22.7 Å². The van der Waals surface area contributed by atoms with Gasteiger partial charge in [-0.3, -0.25) is 0 Å². The first-order valence-corrected chi connectivity index (χ1v) is 6.43. The molecule has 3 nitrogen and oxygen atoms in total. The van der Waals surface area contributed by atoms with Gasteiger partial charge in [0.15, 0.2) is 0 Å². The molecule has 0 saturated heterocycles. The van der Waals surface area contributed by atoms with E-state index >= 15 is 0 Å². The zero-order chi connectivity index (χ0) is 13.4. The maximum Gasteiger partial charge on any atom is 0.205 e. The Hall–Kier alpha value is -2.29. The van der Waals surface area contributed by atoms with Crippen molar-refractivity contribution in [2.24, 2.45) is 0 Å². The molecular formula is C16H17N3. The minimum atomic E-state index is 0.786. The van der Waals surface area contributed by atoms with E-state index in [9.17, 15) is 0 Å². The number of aromatic nitrogens is 2. The molecule has 0 aliphatic rings. The first-order valence-electron chi connectivity index (χ1n) is 6.43. The van der Waals surface area contributed by atoms with Crippen LogP contribution in [-0.4, -0.2) is 9.97 Å². The number of imidazole rings is 1. The van der Waals surface area contributed by atoms with Crippen LogP contribution in [0.25, 0.3) is 11.0 Å². The first-order chi connectivity index (χ1) is 9.13. The van der Waals surface area contributed by atoms with Gasteiger partial charge in [-0.1, -0.05) is 18.2 Å². The highest BCUT2D eigenvalue weighted by atomic mass is 15.1. The van der Waals surface area contributed by atoms with Gasteiger partial charge in [0.05, 0.1) is 11.0 Å². The SMILES string of the molecule is Cc1cc2nc(Nc3ccccc3C)[nH]c2cc1C. The molecule has 1 aromatic heterocycles. The summed E-state index contributed by atoms with van der Waals surface area (Å²) in [4.78, 5) is 7.90. The van der Waals surface area contributed by atoms with Crippen molar-refractivity contribution in [3.63, 3.8) is 0 Å². The smallest absolute Gasteiger partial charge is 0.205 e. The fraction of sp³-hybridized carbons (Fsp3) is 0.188. The van der Waals surface area contributed by atoms with Gasteiger partial charge >= 0.3 is 0 Å². The van der Waals surface area contributed by atoms with Crippen LogP contribution in [0, 0.1) is 20.8 Å². The summed E-state index contributed by atoms with van der Waals surface area (Å²) in [6.07, 6.45) is 0. The van der Waals surface area contributed by atoms with E-state index in [2.05, 4.69) is 60.3 Å². The topological polar surface area (TPSA) is 40.7 Å². The van der Waals surface area contributed by atoms with Crippen molar-refractivity contribution in [2.45, 2.75) is 20.8 Å². The third kappa shape index (κ3) is 2.19. The lowest BCUT2D eigenvalue weighted by Gasteiger charge is -2.05. The number of H-pyrrole nitrogens is 1. The van der Waals surface area contributed by atoms with Crippen molar-refractivity contribution in [2.75, 3.05) is 5.32 Å². The van der Waals surface area contributed by atoms with E-state index in [1.807, 2.05) is 12.1 Å². The fourth-order valence-corrected chi connectivity index (χ4v) is 2.17. The number of nitrogens with one attached hydrogen (secondary N) is 2. The van der Waals surface area contributed by atoms with E-state index in [0.29, 0.717) is 0 Å². The molecule has 3 rings (SSSR count). The maximum absolute atomic E-state index is 4.58. The number of para-hydroxylation sites is 1. The monoisotopic (exact) mass is 251 g/mol. The average molecular weight is 251 g/mol. The number of rotatable bonds is 2. The predicted octanol–water partition coefficient (Wildman–Crippen LogP) is 4.23. The molecule has 19 heavy (non-hydrogen) atoms. The summed E-state index contributed by atoms with van der Waals surface area (Å²) >= 11 is 0. The van der Waals surface area contributed by atoms with Crippen LogP contribution in [0.3, 0.4) is 0 Å². The summed E-state index contributed by atoms with van der Waals surface area (Å²) < 4.78 is 0. The van der Waals surface area contributed by atoms with Crippen LogP contribution in [0.5, 0.6) is 0 Å². The van der Waals surface area contributed by atoms with Gasteiger partial charge in [0, 0.05) is 5.69 Å². The van der Waals surface area contributed by atoms with E-state index < -0.39 is 0 Å². The van der Waals surface area contributed by atoms with Crippen LogP contribution in [0.1, 0.15) is 16.7 Å². The molecule has 3 aromatic rings. The van der Waals surface area contributed by atoms with Gasteiger partial charge in [0.25, 0.3) is 0 Å². The van der Waals surface area contributed by atoms with Crippen molar-refractivity contribution in [3.05, 3.63) is 53.1 Å². The third-order valence-corrected chi connectivity index (χ3v) is 3.50. The van der Waals surface area contributed by atoms with Crippen molar-refractivity contribution < 1.29 is 0 Å². The Morgan fingerprint density at radius 3 is 2.47 bits per heavy atom. The number of fused-ring (bicyclic) bond motifs is 1. The number of nitrogens with zero attached hydrogens (tertiary/aromatic N) is 1. The number of anilines is 2. The van der Waals surface area contributed by atoms with Gasteiger partial charge < -0.3 is 10.3 Å². The summed E-state index contributed by atoms with van der Waals surface area (Å²) in [5.74, 6) is 0.786. The largest absolute Gasteiger partial charge is 0.326 e. The quantitative estimate of drug-likeness (QED) is 0.715. The number of benzene rings is 2. The van der Waals surface area contributed by atoms with Crippen molar-refractivity contribution in [1.82, 2.24) is 9.97 Å². The lowest BCUT2D eigenvalue weighted by atomic mass is 10.1. The van der Waals surface area contributed by atoms with Gasteiger partial charge in [0.2, 0.25) is 5.95 Å². The van der Waals surface area contributed by atoms with Crippen LogP contribution < -0.4 is 5.32 Å². The second kappa shape index (κ2) is 4.43. The molecule has 0 fully saturated rings. The molecule has 0 amide bonds. The lowest BCUT2D eigenvalue weighted by molar-refractivity contribution is 1.29. The highest BCUT2D eigenvalue weighted by Crippen LogP contribution is 2.22. The molecule has 0 radical (unpaired) electrons. The highest BCUT2D eigenvalue weighted by Gasteiger charge is 2.05. The zero-order valence-corrected chi connectivity index (χ0v) is 11.4.